The first-order valence-electron chi connectivity index (χ1n) is 11.1. The highest BCUT2D eigenvalue weighted by Gasteiger charge is 2.28. The fourth-order valence-corrected chi connectivity index (χ4v) is 18.0. The van der Waals surface area contributed by atoms with Crippen molar-refractivity contribution in [1.29, 1.82) is 0 Å². The zero-order valence-corrected chi connectivity index (χ0v) is 22.4. The molecule has 2 unspecified atom stereocenters. The van der Waals surface area contributed by atoms with Gasteiger partial charge in [-0.05, 0) is 0 Å². The Balaban J connectivity index is 4.74. The van der Waals surface area contributed by atoms with Crippen LogP contribution in [0.5, 0.6) is 0 Å². The van der Waals surface area contributed by atoms with E-state index in [1.807, 2.05) is 35.8 Å². The number of rotatable bonds is 19. The molecule has 0 aromatic heterocycles. The Morgan fingerprint density at radius 2 is 0.846 bits per heavy atom. The van der Waals surface area contributed by atoms with Gasteiger partial charge in [0.05, 0.1) is 27.7 Å². The van der Waals surface area contributed by atoms with Gasteiger partial charge in [-0.25, -0.2) is 0 Å². The molecule has 0 radical (unpaired) electrons. The first kappa shape index (κ1) is 27.1. The molecule has 0 aromatic carbocycles. The molecule has 158 valence electrons. The van der Waals surface area contributed by atoms with E-state index < -0.39 is 17.6 Å². The fraction of sp³-hybridized carbons (Fsp3) is 1.00. The molecule has 0 fully saturated rings. The van der Waals surface area contributed by atoms with Gasteiger partial charge >= 0.3 is 0 Å². The van der Waals surface area contributed by atoms with E-state index in [1.54, 1.807) is 0 Å². The van der Waals surface area contributed by atoms with Crippen molar-refractivity contribution in [2.24, 2.45) is 0 Å². The van der Waals surface area contributed by atoms with Gasteiger partial charge in [-0.1, -0.05) is 125 Å². The highest BCUT2D eigenvalue weighted by Crippen LogP contribution is 2.38. The van der Waals surface area contributed by atoms with Crippen LogP contribution >= 0.6 is 21.6 Å². The quantitative estimate of drug-likeness (QED) is 0.122. The topological polar surface area (TPSA) is 18.5 Å². The molecule has 0 aliphatic carbocycles. The fourth-order valence-electron chi connectivity index (χ4n) is 3.43. The summed E-state index contributed by atoms with van der Waals surface area (Å²) in [7, 11) is 6.21. The molecule has 26 heavy (non-hydrogen) atoms. The van der Waals surface area contributed by atoms with Crippen molar-refractivity contribution >= 4 is 39.2 Å². The lowest BCUT2D eigenvalue weighted by Crippen LogP contribution is -2.32. The van der Waals surface area contributed by atoms with Gasteiger partial charge in [0.2, 0.25) is 0 Å². The van der Waals surface area contributed by atoms with E-state index >= 15 is 0 Å². The highest BCUT2D eigenvalue weighted by molar-refractivity contribution is 8.77. The lowest BCUT2D eigenvalue weighted by atomic mass is 10.4. The minimum atomic E-state index is -0.850. The second-order valence-electron chi connectivity index (χ2n) is 7.49. The molecule has 6 heteroatoms. The van der Waals surface area contributed by atoms with Crippen molar-refractivity contribution in [3.63, 3.8) is 0 Å². The molecular weight excluding hydrogens is 393 g/mol. The summed E-state index contributed by atoms with van der Waals surface area (Å²) in [6.07, 6.45) is 10.8. The standard InChI is InChI=1S/C20H46O2S2Si2/c1-7-11-15-25(16-12-8-2)19(21-5)23-24-20(22-6)26(17-13-9-3)18-14-10-4/h19-20,25-26H,7-18H2,1-6H3. The Hall–Kier alpha value is 1.05. The SMILES string of the molecule is CCCC[SiH](CCCC)C(OC)SSC(OC)[SiH](CCCC)CCCC. The molecule has 2 nitrogen and oxygen atoms in total. The Labute approximate surface area is 176 Å². The van der Waals surface area contributed by atoms with Crippen LogP contribution in [0.2, 0.25) is 24.2 Å². The summed E-state index contributed by atoms with van der Waals surface area (Å²) >= 11 is 0. The normalized spacial score (nSPS) is 14.3. The van der Waals surface area contributed by atoms with Gasteiger partial charge < -0.3 is 9.47 Å². The van der Waals surface area contributed by atoms with Gasteiger partial charge in [-0.2, -0.15) is 0 Å². The number of methoxy groups -OCH3 is 2. The zero-order valence-electron chi connectivity index (χ0n) is 18.4. The van der Waals surface area contributed by atoms with Crippen LogP contribution in [0.25, 0.3) is 0 Å². The molecule has 0 bridgehead atoms. The van der Waals surface area contributed by atoms with Crippen molar-refractivity contribution in [3.8, 4) is 0 Å². The Kier molecular flexibility index (Phi) is 20.2. The third-order valence-electron chi connectivity index (χ3n) is 5.19. The van der Waals surface area contributed by atoms with E-state index in [-0.39, 0.29) is 0 Å². The maximum Gasteiger partial charge on any atom is 0.0976 e. The van der Waals surface area contributed by atoms with Gasteiger partial charge in [-0.3, -0.25) is 0 Å². The number of hydrogen-bond donors (Lipinski definition) is 0. The van der Waals surface area contributed by atoms with Crippen LogP contribution in [0.1, 0.15) is 79.1 Å². The van der Waals surface area contributed by atoms with E-state index in [1.165, 1.54) is 75.5 Å². The summed E-state index contributed by atoms with van der Waals surface area (Å²) in [6, 6.07) is 5.75. The molecule has 2 atom stereocenters. The van der Waals surface area contributed by atoms with E-state index in [4.69, 9.17) is 9.47 Å². The summed E-state index contributed by atoms with van der Waals surface area (Å²) in [5, 5.41) is 0.894. The van der Waals surface area contributed by atoms with Gasteiger partial charge in [0, 0.05) is 14.2 Å². The van der Waals surface area contributed by atoms with E-state index in [2.05, 4.69) is 27.7 Å². The first-order valence-corrected chi connectivity index (χ1v) is 17.9. The molecule has 0 rings (SSSR count). The van der Waals surface area contributed by atoms with Crippen molar-refractivity contribution in [3.05, 3.63) is 0 Å². The summed E-state index contributed by atoms with van der Waals surface area (Å²) in [6.45, 7) is 9.25. The maximum atomic E-state index is 6.01. The molecule has 0 heterocycles. The van der Waals surface area contributed by atoms with Crippen molar-refractivity contribution in [2.45, 2.75) is 113 Å². The van der Waals surface area contributed by atoms with Crippen molar-refractivity contribution in [1.82, 2.24) is 0 Å². The van der Waals surface area contributed by atoms with Gasteiger partial charge in [-0.15, -0.1) is 0 Å². The first-order chi connectivity index (χ1) is 12.7. The molecule has 0 saturated heterocycles. The molecule has 0 amide bonds. The van der Waals surface area contributed by atoms with Crippen LogP contribution in [-0.4, -0.2) is 41.9 Å². The summed E-state index contributed by atoms with van der Waals surface area (Å²) in [5.74, 6) is 0. The average Bonchev–Trinajstić information content (AvgIpc) is 2.67. The Bertz CT molecular complexity index is 255. The maximum absolute atomic E-state index is 6.01. The Morgan fingerprint density at radius 1 is 0.577 bits per heavy atom. The third-order valence-corrected chi connectivity index (χ3v) is 18.5. The van der Waals surface area contributed by atoms with Crippen LogP contribution in [0, 0.1) is 0 Å². The van der Waals surface area contributed by atoms with Gasteiger partial charge in [0.25, 0.3) is 0 Å². The monoisotopic (exact) mass is 438 g/mol. The number of hydrogen-bond acceptors (Lipinski definition) is 4. The second-order valence-corrected chi connectivity index (χ2v) is 17.5. The zero-order chi connectivity index (χ0) is 19.6. The smallest absolute Gasteiger partial charge is 0.0976 e. The van der Waals surface area contributed by atoms with Crippen LogP contribution in [-0.2, 0) is 9.47 Å². The van der Waals surface area contributed by atoms with Crippen LogP contribution < -0.4 is 0 Å². The van der Waals surface area contributed by atoms with Gasteiger partial charge in [0.1, 0.15) is 0 Å². The minimum absolute atomic E-state index is 0.447. The van der Waals surface area contributed by atoms with Crippen LogP contribution in [0.15, 0.2) is 0 Å². The lowest BCUT2D eigenvalue weighted by Gasteiger charge is -2.28. The number of ether oxygens (including phenoxy) is 2. The number of unbranched alkanes of at least 4 members (excludes halogenated alkanes) is 4. The van der Waals surface area contributed by atoms with Crippen molar-refractivity contribution in [2.75, 3.05) is 14.2 Å². The predicted octanol–water partition coefficient (Wildman–Crippen LogP) is 7.05. The molecule has 0 aliphatic rings. The summed E-state index contributed by atoms with van der Waals surface area (Å²) in [4.78, 5) is 0. The molecule has 0 spiro atoms. The highest BCUT2D eigenvalue weighted by atomic mass is 33.1. The van der Waals surface area contributed by atoms with Gasteiger partial charge in [0.15, 0.2) is 0 Å². The van der Waals surface area contributed by atoms with E-state index in [0.717, 1.165) is 0 Å². The predicted molar refractivity (Wildman–Crippen MR) is 130 cm³/mol. The third kappa shape index (κ3) is 12.5. The minimum Gasteiger partial charge on any atom is -0.374 e. The van der Waals surface area contributed by atoms with Crippen molar-refractivity contribution < 1.29 is 9.47 Å². The van der Waals surface area contributed by atoms with E-state index in [9.17, 15) is 0 Å². The summed E-state index contributed by atoms with van der Waals surface area (Å²) in [5.41, 5.74) is 0. The Morgan fingerprint density at radius 3 is 1.04 bits per heavy atom. The summed E-state index contributed by atoms with van der Waals surface area (Å²) < 4.78 is 12.0. The van der Waals surface area contributed by atoms with Crippen LogP contribution in [0.3, 0.4) is 0 Å². The molecule has 0 aliphatic heterocycles. The second kappa shape index (κ2) is 19.4. The van der Waals surface area contributed by atoms with Crippen LogP contribution in [0.4, 0.5) is 0 Å². The molecular formula is C20H46O2S2Si2. The molecule has 0 aromatic rings. The van der Waals surface area contributed by atoms with E-state index in [0.29, 0.717) is 10.1 Å². The average molecular weight is 439 g/mol. The molecule has 0 saturated carbocycles. The lowest BCUT2D eigenvalue weighted by molar-refractivity contribution is 0.221. The molecule has 0 N–H and O–H groups in total. The largest absolute Gasteiger partial charge is 0.374 e.